The van der Waals surface area contributed by atoms with Crippen LogP contribution in [-0.4, -0.2) is 71.0 Å². The van der Waals surface area contributed by atoms with Gasteiger partial charge in [0.1, 0.15) is 17.6 Å². The van der Waals surface area contributed by atoms with Gasteiger partial charge >= 0.3 is 6.09 Å². The maximum Gasteiger partial charge on any atom is 0.408 e. The summed E-state index contributed by atoms with van der Waals surface area (Å²) in [7, 11) is 0. The molecule has 12 heteroatoms. The van der Waals surface area contributed by atoms with Crippen molar-refractivity contribution >= 4 is 22.9 Å². The summed E-state index contributed by atoms with van der Waals surface area (Å²) in [5.41, 5.74) is 4.18. The Bertz CT molecular complexity index is 2120. The van der Waals surface area contributed by atoms with E-state index >= 15 is 0 Å². The minimum atomic E-state index is -0.858. The van der Waals surface area contributed by atoms with E-state index in [1.165, 1.54) is 12.1 Å². The first-order valence-electron chi connectivity index (χ1n) is 18.3. The van der Waals surface area contributed by atoms with Crippen molar-refractivity contribution < 1.29 is 29.3 Å². The zero-order valence-corrected chi connectivity index (χ0v) is 29.9. The lowest BCUT2D eigenvalue weighted by molar-refractivity contribution is -0.123. The molecule has 0 radical (unpaired) electrons. The molecule has 280 valence electrons. The lowest BCUT2D eigenvalue weighted by Crippen LogP contribution is -2.52. The van der Waals surface area contributed by atoms with Gasteiger partial charge in [-0.05, 0) is 83.9 Å². The number of carbonyl (C=O) groups excluding carboxylic acids is 2. The van der Waals surface area contributed by atoms with E-state index in [0.717, 1.165) is 54.7 Å². The molecule has 4 heterocycles. The number of aliphatic hydroxyl groups excluding tert-OH is 1. The number of benzene rings is 4. The van der Waals surface area contributed by atoms with Crippen LogP contribution in [0, 0.1) is 5.92 Å². The number of aliphatic hydroxyl groups is 1. The standard InChI is InChI=1S/C42H45N5O7/c48-35-15-13-33(34-14-16-38(50)45-41(34)35)36(49)24-43-22-27-9-11-28(12-10-27)23-44-39(51)26-53-32-8-4-7-31(21-32)40(30-5-2-1-3-6-30)46-42(52)54-37-25-47-19-17-29(37)18-20-47/h1-16,21,29,36-37,40,43,48-49H,17-20,22-26H2,(H,44,51)(H,45,50)(H,46,52)/t36-,37-,40-/m0/s1. The molecule has 5 aromatic rings. The number of phenolic OH excluding ortho intramolecular Hbond substituents is 1. The summed E-state index contributed by atoms with van der Waals surface area (Å²) in [4.78, 5) is 42.6. The van der Waals surface area contributed by atoms with Crippen molar-refractivity contribution in [2.24, 2.45) is 5.92 Å². The molecular weight excluding hydrogens is 686 g/mol. The maximum atomic E-state index is 13.2. The molecule has 0 spiro atoms. The minimum Gasteiger partial charge on any atom is -0.506 e. The van der Waals surface area contributed by atoms with Crippen LogP contribution in [0.25, 0.3) is 10.9 Å². The number of alkyl carbamates (subject to hydrolysis) is 1. The van der Waals surface area contributed by atoms with Gasteiger partial charge < -0.3 is 40.6 Å². The fourth-order valence-corrected chi connectivity index (χ4v) is 7.31. The Hall–Kier alpha value is -5.69. The fraction of sp³-hybridized carbons (Fsp3) is 0.310. The average molecular weight is 732 g/mol. The molecule has 3 saturated heterocycles. The molecular formula is C42H45N5O7. The van der Waals surface area contributed by atoms with E-state index < -0.39 is 18.2 Å². The number of carbonyl (C=O) groups is 2. The highest BCUT2D eigenvalue weighted by Crippen LogP contribution is 2.31. The largest absolute Gasteiger partial charge is 0.506 e. The number of pyridine rings is 1. The fourth-order valence-electron chi connectivity index (χ4n) is 7.31. The Labute approximate surface area is 313 Å². The number of aromatic amines is 1. The van der Waals surface area contributed by atoms with Crippen LogP contribution in [0.3, 0.4) is 0 Å². The normalized spacial score (nSPS) is 18.8. The van der Waals surface area contributed by atoms with Gasteiger partial charge in [-0.3, -0.25) is 14.5 Å². The highest BCUT2D eigenvalue weighted by molar-refractivity contribution is 5.87. The van der Waals surface area contributed by atoms with Gasteiger partial charge in [-0.25, -0.2) is 4.79 Å². The van der Waals surface area contributed by atoms with Crippen LogP contribution in [-0.2, 0) is 22.6 Å². The number of phenols is 1. The van der Waals surface area contributed by atoms with E-state index in [0.29, 0.717) is 41.2 Å². The lowest BCUT2D eigenvalue weighted by atomic mass is 9.86. The number of H-pyrrole nitrogens is 1. The molecule has 12 nitrogen and oxygen atoms in total. The number of rotatable bonds is 14. The van der Waals surface area contributed by atoms with Crippen molar-refractivity contribution in [3.63, 3.8) is 0 Å². The SMILES string of the molecule is O=C(COc1cccc([C@@H](NC(=O)O[C@H]2CN3CCC2CC3)c2ccccc2)c1)NCc1ccc(CNC[C@H](O)c2ccc(O)c3[nH]c(=O)ccc23)cc1. The van der Waals surface area contributed by atoms with Gasteiger partial charge in [0.15, 0.2) is 6.61 Å². The van der Waals surface area contributed by atoms with Crippen molar-refractivity contribution in [2.75, 3.05) is 32.8 Å². The second kappa shape index (κ2) is 17.0. The summed E-state index contributed by atoms with van der Waals surface area (Å²) in [6.45, 7) is 3.83. The molecule has 0 aliphatic carbocycles. The molecule has 3 fully saturated rings. The number of aromatic hydroxyl groups is 1. The van der Waals surface area contributed by atoms with Gasteiger partial charge in [0.05, 0.1) is 17.7 Å². The van der Waals surface area contributed by atoms with Crippen LogP contribution in [0.2, 0.25) is 0 Å². The highest BCUT2D eigenvalue weighted by Gasteiger charge is 2.37. The van der Waals surface area contributed by atoms with Crippen LogP contribution in [0.4, 0.5) is 4.79 Å². The van der Waals surface area contributed by atoms with Gasteiger partial charge in [0.25, 0.3) is 5.91 Å². The molecule has 0 unspecified atom stereocenters. The number of nitrogens with zero attached hydrogens (tertiary/aromatic N) is 1. The molecule has 8 rings (SSSR count). The Balaban J connectivity index is 0.876. The first kappa shape index (κ1) is 36.7. The van der Waals surface area contributed by atoms with E-state index in [1.54, 1.807) is 18.2 Å². The summed E-state index contributed by atoms with van der Waals surface area (Å²) in [6, 6.07) is 30.4. The van der Waals surface area contributed by atoms with Gasteiger partial charge in [0, 0.05) is 37.6 Å². The topological polar surface area (TPSA) is 165 Å². The van der Waals surface area contributed by atoms with Crippen LogP contribution in [0.15, 0.2) is 108 Å². The molecule has 3 aliphatic rings. The van der Waals surface area contributed by atoms with Crippen molar-refractivity contribution in [3.8, 4) is 11.5 Å². The third-order valence-corrected chi connectivity index (χ3v) is 10.3. The minimum absolute atomic E-state index is 0.0540. The summed E-state index contributed by atoms with van der Waals surface area (Å²) in [5.74, 6) is 0.585. The predicted molar refractivity (Wildman–Crippen MR) is 204 cm³/mol. The monoisotopic (exact) mass is 731 g/mol. The highest BCUT2D eigenvalue weighted by atomic mass is 16.6. The third kappa shape index (κ3) is 9.08. The molecule has 6 N–H and O–H groups in total. The first-order chi connectivity index (χ1) is 26.3. The van der Waals surface area contributed by atoms with Crippen LogP contribution < -0.4 is 26.2 Å². The molecule has 2 bridgehead atoms. The first-order valence-corrected chi connectivity index (χ1v) is 18.3. The van der Waals surface area contributed by atoms with Crippen LogP contribution in [0.5, 0.6) is 11.5 Å². The quantitative estimate of drug-likeness (QED) is 0.0953. The Morgan fingerprint density at radius 3 is 2.35 bits per heavy atom. The van der Waals surface area contributed by atoms with E-state index in [1.807, 2.05) is 72.8 Å². The van der Waals surface area contributed by atoms with E-state index in [2.05, 4.69) is 25.8 Å². The molecule has 4 aromatic carbocycles. The Morgan fingerprint density at radius 2 is 1.61 bits per heavy atom. The van der Waals surface area contributed by atoms with E-state index in [-0.39, 0.29) is 36.5 Å². The number of piperidine rings is 3. The maximum absolute atomic E-state index is 13.2. The second-order valence-electron chi connectivity index (χ2n) is 14.0. The number of hydrogen-bond acceptors (Lipinski definition) is 9. The zero-order chi connectivity index (χ0) is 37.4. The number of nitrogens with one attached hydrogen (secondary N) is 4. The van der Waals surface area contributed by atoms with Crippen LogP contribution >= 0.6 is 0 Å². The summed E-state index contributed by atoms with van der Waals surface area (Å²) in [5, 5.41) is 30.7. The molecule has 54 heavy (non-hydrogen) atoms. The van der Waals surface area contributed by atoms with Crippen molar-refractivity contribution in [3.05, 3.63) is 141 Å². The number of ether oxygens (including phenoxy) is 2. The molecule has 3 atom stereocenters. The van der Waals surface area contributed by atoms with Gasteiger partial charge in [-0.2, -0.15) is 0 Å². The predicted octanol–water partition coefficient (Wildman–Crippen LogP) is 4.66. The summed E-state index contributed by atoms with van der Waals surface area (Å²) < 4.78 is 11.8. The van der Waals surface area contributed by atoms with Gasteiger partial charge in [-0.1, -0.05) is 72.8 Å². The molecule has 0 saturated carbocycles. The second-order valence-corrected chi connectivity index (χ2v) is 14.0. The molecule has 3 aliphatic heterocycles. The Kier molecular flexibility index (Phi) is 11.5. The average Bonchev–Trinajstić information content (AvgIpc) is 3.20. The number of aromatic nitrogens is 1. The van der Waals surface area contributed by atoms with Crippen molar-refractivity contribution in [2.45, 2.75) is 44.2 Å². The zero-order valence-electron chi connectivity index (χ0n) is 29.9. The van der Waals surface area contributed by atoms with Gasteiger partial charge in [-0.15, -0.1) is 0 Å². The Morgan fingerprint density at radius 1 is 0.870 bits per heavy atom. The van der Waals surface area contributed by atoms with Crippen molar-refractivity contribution in [1.82, 2.24) is 25.8 Å². The van der Waals surface area contributed by atoms with E-state index in [9.17, 15) is 24.6 Å². The molecule has 1 aromatic heterocycles. The third-order valence-electron chi connectivity index (χ3n) is 10.3. The number of hydrogen-bond donors (Lipinski definition) is 6. The number of fused-ring (bicyclic) bond motifs is 4. The number of amides is 2. The summed E-state index contributed by atoms with van der Waals surface area (Å²) >= 11 is 0. The van der Waals surface area contributed by atoms with Gasteiger partial charge in [0.2, 0.25) is 5.56 Å². The van der Waals surface area contributed by atoms with Crippen molar-refractivity contribution in [1.29, 1.82) is 0 Å². The van der Waals surface area contributed by atoms with E-state index in [4.69, 9.17) is 9.47 Å². The summed E-state index contributed by atoms with van der Waals surface area (Å²) in [6.07, 6.45) is 0.701. The molecule has 2 amide bonds. The smallest absolute Gasteiger partial charge is 0.408 e. The van der Waals surface area contributed by atoms with Crippen LogP contribution in [0.1, 0.15) is 52.8 Å². The lowest BCUT2D eigenvalue weighted by Gasteiger charge is -2.43.